The van der Waals surface area contributed by atoms with Gasteiger partial charge in [-0.2, -0.15) is 0 Å². The van der Waals surface area contributed by atoms with Gasteiger partial charge in [-0.15, -0.1) is 0 Å². The van der Waals surface area contributed by atoms with Crippen molar-refractivity contribution in [3.05, 3.63) is 29.3 Å². The molecule has 0 bridgehead atoms. The van der Waals surface area contributed by atoms with Crippen LogP contribution in [0.4, 0.5) is 0 Å². The van der Waals surface area contributed by atoms with Crippen LogP contribution in [0.3, 0.4) is 0 Å². The summed E-state index contributed by atoms with van der Waals surface area (Å²) in [6.45, 7) is 1.85. The summed E-state index contributed by atoms with van der Waals surface area (Å²) in [6, 6.07) is 4.88. The zero-order valence-corrected chi connectivity index (χ0v) is 13.6. The topological polar surface area (TPSA) is 63.2 Å². The van der Waals surface area contributed by atoms with Crippen molar-refractivity contribution < 1.29 is 13.2 Å². The van der Waals surface area contributed by atoms with Crippen LogP contribution in [-0.4, -0.2) is 20.4 Å². The molecule has 1 aromatic carbocycles. The van der Waals surface area contributed by atoms with E-state index in [-0.39, 0.29) is 16.8 Å². The monoisotopic (exact) mass is 329 g/mol. The summed E-state index contributed by atoms with van der Waals surface area (Å²) in [7, 11) is 1.61. The molecule has 1 aromatic rings. The van der Waals surface area contributed by atoms with E-state index in [1.165, 1.54) is 12.5 Å². The van der Waals surface area contributed by atoms with Crippen molar-refractivity contribution in [3.63, 3.8) is 0 Å². The highest BCUT2D eigenvalue weighted by atomic mass is 35.7. The maximum atomic E-state index is 12.2. The Morgan fingerprint density at radius 2 is 1.95 bits per heavy atom. The number of rotatable bonds is 4. The SMILES string of the molecule is CCc1ccc(C(=O)NC2CCCCC2)cc1S(=O)(=O)Cl. The fraction of sp³-hybridized carbons (Fsp3) is 0.533. The van der Waals surface area contributed by atoms with Crippen LogP contribution in [0.15, 0.2) is 23.1 Å². The van der Waals surface area contributed by atoms with Gasteiger partial charge in [0.2, 0.25) is 0 Å². The third-order valence-corrected chi connectivity index (χ3v) is 5.32. The molecule has 21 heavy (non-hydrogen) atoms. The van der Waals surface area contributed by atoms with E-state index in [4.69, 9.17) is 10.7 Å². The van der Waals surface area contributed by atoms with E-state index < -0.39 is 9.05 Å². The van der Waals surface area contributed by atoms with Gasteiger partial charge >= 0.3 is 0 Å². The first-order chi connectivity index (χ1) is 9.91. The largest absolute Gasteiger partial charge is 0.349 e. The fourth-order valence-corrected chi connectivity index (χ4v) is 3.95. The minimum atomic E-state index is -3.84. The number of nitrogens with one attached hydrogen (secondary N) is 1. The average molecular weight is 330 g/mol. The normalized spacial score (nSPS) is 16.7. The molecule has 0 spiro atoms. The molecule has 0 radical (unpaired) electrons. The Morgan fingerprint density at radius 1 is 1.29 bits per heavy atom. The first-order valence-corrected chi connectivity index (χ1v) is 9.61. The van der Waals surface area contributed by atoms with Gasteiger partial charge in [0.1, 0.15) is 0 Å². The highest BCUT2D eigenvalue weighted by Crippen LogP contribution is 2.23. The Balaban J connectivity index is 2.21. The first-order valence-electron chi connectivity index (χ1n) is 7.30. The number of hydrogen-bond acceptors (Lipinski definition) is 3. The van der Waals surface area contributed by atoms with Crippen molar-refractivity contribution in [2.75, 3.05) is 0 Å². The third-order valence-electron chi connectivity index (χ3n) is 3.91. The zero-order valence-electron chi connectivity index (χ0n) is 12.1. The average Bonchev–Trinajstić information content (AvgIpc) is 2.46. The molecule has 1 aliphatic carbocycles. The van der Waals surface area contributed by atoms with Crippen molar-refractivity contribution in [2.24, 2.45) is 0 Å². The van der Waals surface area contributed by atoms with Gasteiger partial charge in [-0.3, -0.25) is 4.79 Å². The quantitative estimate of drug-likeness (QED) is 0.862. The molecule has 1 N–H and O–H groups in total. The lowest BCUT2D eigenvalue weighted by Crippen LogP contribution is -2.36. The van der Waals surface area contributed by atoms with Crippen LogP contribution in [-0.2, 0) is 15.5 Å². The van der Waals surface area contributed by atoms with Gasteiger partial charge in [0.05, 0.1) is 4.90 Å². The lowest BCUT2D eigenvalue weighted by atomic mass is 9.95. The summed E-state index contributed by atoms with van der Waals surface area (Å²) in [5.41, 5.74) is 0.969. The van der Waals surface area contributed by atoms with Crippen LogP contribution < -0.4 is 5.32 Å². The summed E-state index contributed by atoms with van der Waals surface area (Å²) >= 11 is 0. The number of hydrogen-bond donors (Lipinski definition) is 1. The van der Waals surface area contributed by atoms with Gasteiger partial charge in [-0.1, -0.05) is 32.3 Å². The van der Waals surface area contributed by atoms with Gasteiger partial charge in [-0.05, 0) is 37.0 Å². The van der Waals surface area contributed by atoms with Crippen molar-refractivity contribution in [1.29, 1.82) is 0 Å². The summed E-state index contributed by atoms with van der Waals surface area (Å²) in [5.74, 6) is -0.230. The zero-order chi connectivity index (χ0) is 15.5. The number of amides is 1. The van der Waals surface area contributed by atoms with Crippen LogP contribution in [0, 0.1) is 0 Å². The molecule has 0 heterocycles. The maximum Gasteiger partial charge on any atom is 0.261 e. The van der Waals surface area contributed by atoms with Gasteiger partial charge in [0, 0.05) is 22.3 Å². The molecule has 0 aromatic heterocycles. The van der Waals surface area contributed by atoms with Crippen LogP contribution in [0.2, 0.25) is 0 Å². The Morgan fingerprint density at radius 3 is 2.52 bits per heavy atom. The minimum Gasteiger partial charge on any atom is -0.349 e. The number of benzene rings is 1. The van der Waals surface area contributed by atoms with Crippen molar-refractivity contribution in [3.8, 4) is 0 Å². The molecule has 1 saturated carbocycles. The lowest BCUT2D eigenvalue weighted by Gasteiger charge is -2.22. The first kappa shape index (κ1) is 16.3. The second-order valence-electron chi connectivity index (χ2n) is 5.42. The van der Waals surface area contributed by atoms with Crippen LogP contribution >= 0.6 is 10.7 Å². The van der Waals surface area contributed by atoms with E-state index in [1.54, 1.807) is 12.1 Å². The highest BCUT2D eigenvalue weighted by molar-refractivity contribution is 8.13. The Hall–Kier alpha value is -1.07. The molecular weight excluding hydrogens is 310 g/mol. The molecule has 0 unspecified atom stereocenters. The van der Waals surface area contributed by atoms with Gasteiger partial charge in [0.15, 0.2) is 0 Å². The Kier molecular flexibility index (Phi) is 5.27. The molecule has 0 saturated heterocycles. The van der Waals surface area contributed by atoms with E-state index >= 15 is 0 Å². The van der Waals surface area contributed by atoms with Crippen LogP contribution in [0.25, 0.3) is 0 Å². The van der Waals surface area contributed by atoms with E-state index in [0.717, 1.165) is 25.7 Å². The smallest absolute Gasteiger partial charge is 0.261 e. The molecule has 6 heteroatoms. The van der Waals surface area contributed by atoms with Gasteiger partial charge in [0.25, 0.3) is 15.0 Å². The van der Waals surface area contributed by atoms with Gasteiger partial charge < -0.3 is 5.32 Å². The molecule has 1 fully saturated rings. The molecule has 1 aliphatic rings. The van der Waals surface area contributed by atoms with Crippen molar-refractivity contribution in [1.82, 2.24) is 5.32 Å². The van der Waals surface area contributed by atoms with Gasteiger partial charge in [-0.25, -0.2) is 8.42 Å². The molecule has 2 rings (SSSR count). The lowest BCUT2D eigenvalue weighted by molar-refractivity contribution is 0.0927. The molecule has 4 nitrogen and oxygen atoms in total. The fourth-order valence-electron chi connectivity index (χ4n) is 2.73. The van der Waals surface area contributed by atoms with E-state index in [1.807, 2.05) is 6.92 Å². The van der Waals surface area contributed by atoms with E-state index in [0.29, 0.717) is 17.5 Å². The van der Waals surface area contributed by atoms with Crippen LogP contribution in [0.1, 0.15) is 54.9 Å². The molecule has 116 valence electrons. The molecule has 1 amide bonds. The maximum absolute atomic E-state index is 12.2. The van der Waals surface area contributed by atoms with Crippen LogP contribution in [0.5, 0.6) is 0 Å². The van der Waals surface area contributed by atoms with Crippen molar-refractivity contribution in [2.45, 2.75) is 56.4 Å². The Labute approximate surface area is 130 Å². The second kappa shape index (κ2) is 6.79. The number of aryl methyl sites for hydroxylation is 1. The standard InChI is InChI=1S/C15H20ClNO3S/c1-2-11-8-9-12(10-14(11)21(16,19)20)15(18)17-13-6-4-3-5-7-13/h8-10,13H,2-7H2,1H3,(H,17,18). The Bertz CT molecular complexity index is 622. The summed E-state index contributed by atoms with van der Waals surface area (Å²) < 4.78 is 23.2. The summed E-state index contributed by atoms with van der Waals surface area (Å²) in [6.07, 6.45) is 5.99. The van der Waals surface area contributed by atoms with E-state index in [2.05, 4.69) is 5.32 Å². The predicted molar refractivity (Wildman–Crippen MR) is 83.2 cm³/mol. The molecule has 0 aliphatic heterocycles. The molecular formula is C15H20ClNO3S. The predicted octanol–water partition coefficient (Wildman–Crippen LogP) is 3.24. The highest BCUT2D eigenvalue weighted by Gasteiger charge is 2.20. The number of carbonyl (C=O) groups excluding carboxylic acids is 1. The second-order valence-corrected chi connectivity index (χ2v) is 7.96. The third kappa shape index (κ3) is 4.20. The summed E-state index contributed by atoms with van der Waals surface area (Å²) in [4.78, 5) is 12.3. The van der Waals surface area contributed by atoms with Crippen molar-refractivity contribution >= 4 is 25.6 Å². The number of carbonyl (C=O) groups is 1. The minimum absolute atomic E-state index is 0.0305. The van der Waals surface area contributed by atoms with E-state index in [9.17, 15) is 13.2 Å². The summed E-state index contributed by atoms with van der Waals surface area (Å²) in [5, 5.41) is 2.97. The molecule has 0 atom stereocenters. The number of halogens is 1.